The van der Waals surface area contributed by atoms with Crippen molar-refractivity contribution in [2.45, 2.75) is 25.0 Å². The zero-order chi connectivity index (χ0) is 16.4. The molecule has 2 fully saturated rings. The number of rotatable bonds is 4. The summed E-state index contributed by atoms with van der Waals surface area (Å²) in [6.07, 6.45) is 6.56. The third-order valence-corrected chi connectivity index (χ3v) is 4.60. The van der Waals surface area contributed by atoms with Gasteiger partial charge in [-0.05, 0) is 18.9 Å². The number of carbonyl (C=O) groups is 1. The van der Waals surface area contributed by atoms with Gasteiger partial charge in [0.2, 0.25) is 5.76 Å². The lowest BCUT2D eigenvalue weighted by atomic mass is 10.0. The number of hydrogen-bond donors (Lipinski definition) is 0. The van der Waals surface area contributed by atoms with Crippen molar-refractivity contribution in [3.05, 3.63) is 36.5 Å². The van der Waals surface area contributed by atoms with Gasteiger partial charge in [0.05, 0.1) is 31.6 Å². The highest BCUT2D eigenvalue weighted by molar-refractivity contribution is 5.91. The molecule has 3 heterocycles. The van der Waals surface area contributed by atoms with Crippen molar-refractivity contribution in [1.29, 1.82) is 0 Å². The van der Waals surface area contributed by atoms with Crippen LogP contribution in [-0.4, -0.2) is 57.8 Å². The van der Waals surface area contributed by atoms with E-state index in [1.807, 2.05) is 4.90 Å². The molecule has 0 N–H and O–H groups in total. The first kappa shape index (κ1) is 15.1. The molecule has 1 saturated heterocycles. The number of hydrogen-bond acceptors (Lipinski definition) is 7. The van der Waals surface area contributed by atoms with E-state index in [4.69, 9.17) is 14.0 Å². The van der Waals surface area contributed by atoms with Gasteiger partial charge >= 0.3 is 6.01 Å². The maximum absolute atomic E-state index is 12.6. The molecule has 1 aliphatic carbocycles. The fourth-order valence-electron chi connectivity index (χ4n) is 3.50. The zero-order valence-corrected chi connectivity index (χ0v) is 13.1. The quantitative estimate of drug-likeness (QED) is 0.831. The van der Waals surface area contributed by atoms with Crippen molar-refractivity contribution in [2.24, 2.45) is 5.92 Å². The van der Waals surface area contributed by atoms with Crippen LogP contribution in [0.3, 0.4) is 0 Å². The van der Waals surface area contributed by atoms with E-state index < -0.39 is 0 Å². The second-order valence-electron chi connectivity index (χ2n) is 5.96. The van der Waals surface area contributed by atoms with Gasteiger partial charge in [0.15, 0.2) is 0 Å². The molecular formula is C16H18N4O4. The zero-order valence-electron chi connectivity index (χ0n) is 13.1. The van der Waals surface area contributed by atoms with E-state index in [0.29, 0.717) is 25.8 Å². The molecule has 1 amide bonds. The SMILES string of the molecule is O=C(c1ccno1)N1CCO[C@@H]2[C@H](COc3ncccn3)CC[C@@H]21. The van der Waals surface area contributed by atoms with E-state index in [2.05, 4.69) is 15.1 Å². The van der Waals surface area contributed by atoms with Crippen LogP contribution in [0.1, 0.15) is 23.4 Å². The van der Waals surface area contributed by atoms with E-state index in [-0.39, 0.29) is 29.7 Å². The summed E-state index contributed by atoms with van der Waals surface area (Å²) in [5.41, 5.74) is 0. The molecule has 0 unspecified atom stereocenters. The molecule has 0 aromatic carbocycles. The van der Waals surface area contributed by atoms with E-state index in [0.717, 1.165) is 12.8 Å². The summed E-state index contributed by atoms with van der Waals surface area (Å²) in [6, 6.07) is 3.75. The summed E-state index contributed by atoms with van der Waals surface area (Å²) in [5, 5.41) is 3.61. The highest BCUT2D eigenvalue weighted by Gasteiger charge is 2.45. The molecule has 0 radical (unpaired) electrons. The highest BCUT2D eigenvalue weighted by Crippen LogP contribution is 2.35. The number of nitrogens with zero attached hydrogens (tertiary/aromatic N) is 4. The van der Waals surface area contributed by atoms with E-state index >= 15 is 0 Å². The summed E-state index contributed by atoms with van der Waals surface area (Å²) < 4.78 is 16.6. The van der Waals surface area contributed by atoms with Gasteiger partial charge in [-0.1, -0.05) is 5.16 Å². The Morgan fingerprint density at radius 1 is 1.29 bits per heavy atom. The van der Waals surface area contributed by atoms with Gasteiger partial charge in [-0.15, -0.1) is 0 Å². The average Bonchev–Trinajstić information content (AvgIpc) is 3.30. The van der Waals surface area contributed by atoms with Gasteiger partial charge in [0.25, 0.3) is 5.91 Å². The predicted octanol–water partition coefficient (Wildman–Crippen LogP) is 1.16. The first-order valence-electron chi connectivity index (χ1n) is 8.06. The van der Waals surface area contributed by atoms with Crippen molar-refractivity contribution in [3.8, 4) is 6.01 Å². The van der Waals surface area contributed by atoms with Crippen LogP contribution < -0.4 is 4.74 Å². The third kappa shape index (κ3) is 2.84. The number of amides is 1. The van der Waals surface area contributed by atoms with Gasteiger partial charge in [0, 0.05) is 30.9 Å². The normalized spacial score (nSPS) is 26.2. The molecule has 1 aliphatic heterocycles. The first-order chi connectivity index (χ1) is 11.8. The molecule has 1 saturated carbocycles. The van der Waals surface area contributed by atoms with Crippen molar-refractivity contribution in [2.75, 3.05) is 19.8 Å². The average molecular weight is 330 g/mol. The number of aromatic nitrogens is 3. The van der Waals surface area contributed by atoms with E-state index in [9.17, 15) is 4.79 Å². The smallest absolute Gasteiger partial charge is 0.316 e. The number of morpholine rings is 1. The Labute approximate surface area is 138 Å². The Balaban J connectivity index is 1.42. The molecule has 8 nitrogen and oxygen atoms in total. The minimum absolute atomic E-state index is 0.0330. The number of fused-ring (bicyclic) bond motifs is 1. The second-order valence-corrected chi connectivity index (χ2v) is 5.96. The van der Waals surface area contributed by atoms with Crippen LogP contribution in [0, 0.1) is 5.92 Å². The van der Waals surface area contributed by atoms with E-state index in [1.54, 1.807) is 24.5 Å². The van der Waals surface area contributed by atoms with Gasteiger partial charge in [-0.25, -0.2) is 9.97 Å². The maximum atomic E-state index is 12.6. The molecule has 126 valence electrons. The fourth-order valence-corrected chi connectivity index (χ4v) is 3.50. The maximum Gasteiger partial charge on any atom is 0.316 e. The molecule has 2 aromatic heterocycles. The minimum atomic E-state index is -0.126. The molecule has 0 bridgehead atoms. The molecule has 8 heteroatoms. The van der Waals surface area contributed by atoms with Crippen LogP contribution in [-0.2, 0) is 4.74 Å². The lowest BCUT2D eigenvalue weighted by Crippen LogP contribution is -2.53. The highest BCUT2D eigenvalue weighted by atomic mass is 16.5. The van der Waals surface area contributed by atoms with Crippen molar-refractivity contribution < 1.29 is 18.8 Å². The lowest BCUT2D eigenvalue weighted by molar-refractivity contribution is -0.0690. The number of ether oxygens (including phenoxy) is 2. The molecule has 4 rings (SSSR count). The Hall–Kier alpha value is -2.48. The van der Waals surface area contributed by atoms with Crippen molar-refractivity contribution in [3.63, 3.8) is 0 Å². The van der Waals surface area contributed by atoms with Crippen molar-refractivity contribution in [1.82, 2.24) is 20.0 Å². The molecule has 3 atom stereocenters. The Kier molecular flexibility index (Phi) is 4.12. The number of carbonyl (C=O) groups excluding carboxylic acids is 1. The fraction of sp³-hybridized carbons (Fsp3) is 0.500. The molecule has 2 aliphatic rings. The standard InChI is InChI=1S/C16H18N4O4/c21-15(13-4-7-19-24-13)20-8-9-22-14-11(2-3-12(14)20)10-23-16-17-5-1-6-18-16/h1,4-7,11-12,14H,2-3,8-10H2/t11-,12-,14+/m0/s1. The predicted molar refractivity (Wildman–Crippen MR) is 81.3 cm³/mol. The van der Waals surface area contributed by atoms with Crippen molar-refractivity contribution >= 4 is 5.91 Å². The van der Waals surface area contributed by atoms with Crippen LogP contribution in [0.5, 0.6) is 6.01 Å². The monoisotopic (exact) mass is 330 g/mol. The topological polar surface area (TPSA) is 90.6 Å². The van der Waals surface area contributed by atoms with Crippen LogP contribution in [0.25, 0.3) is 0 Å². The summed E-state index contributed by atoms with van der Waals surface area (Å²) in [7, 11) is 0. The Morgan fingerprint density at radius 2 is 2.17 bits per heavy atom. The van der Waals surface area contributed by atoms with E-state index in [1.165, 1.54) is 6.20 Å². The Morgan fingerprint density at radius 3 is 2.96 bits per heavy atom. The first-order valence-corrected chi connectivity index (χ1v) is 8.06. The minimum Gasteiger partial charge on any atom is -0.463 e. The summed E-state index contributed by atoms with van der Waals surface area (Å²) in [4.78, 5) is 22.5. The van der Waals surface area contributed by atoms with Gasteiger partial charge < -0.3 is 18.9 Å². The molecule has 2 aromatic rings. The summed E-state index contributed by atoms with van der Waals surface area (Å²) in [6.45, 7) is 1.56. The van der Waals surface area contributed by atoms with Crippen LogP contribution >= 0.6 is 0 Å². The van der Waals surface area contributed by atoms with Gasteiger partial charge in [-0.3, -0.25) is 4.79 Å². The second kappa shape index (κ2) is 6.56. The third-order valence-electron chi connectivity index (χ3n) is 4.60. The van der Waals surface area contributed by atoms with Crippen LogP contribution in [0.4, 0.5) is 0 Å². The lowest BCUT2D eigenvalue weighted by Gasteiger charge is -2.38. The van der Waals surface area contributed by atoms with Gasteiger partial charge in [-0.2, -0.15) is 0 Å². The molecular weight excluding hydrogens is 312 g/mol. The van der Waals surface area contributed by atoms with Crippen LogP contribution in [0.2, 0.25) is 0 Å². The van der Waals surface area contributed by atoms with Gasteiger partial charge in [0.1, 0.15) is 0 Å². The Bertz CT molecular complexity index is 679. The molecule has 24 heavy (non-hydrogen) atoms. The summed E-state index contributed by atoms with van der Waals surface area (Å²) >= 11 is 0. The largest absolute Gasteiger partial charge is 0.463 e. The molecule has 0 spiro atoms. The van der Waals surface area contributed by atoms with Crippen LogP contribution in [0.15, 0.2) is 35.2 Å². The summed E-state index contributed by atoms with van der Waals surface area (Å²) in [5.74, 6) is 0.357.